The van der Waals surface area contributed by atoms with Crippen LogP contribution in [-0.2, 0) is 28.4 Å². The summed E-state index contributed by atoms with van der Waals surface area (Å²) >= 11 is 0. The van der Waals surface area contributed by atoms with Crippen LogP contribution in [0.4, 0.5) is 0 Å². The van der Waals surface area contributed by atoms with Crippen LogP contribution in [0.5, 0.6) is 0 Å². The zero-order valence-electron chi connectivity index (χ0n) is 20.2. The van der Waals surface area contributed by atoms with Gasteiger partial charge in [-0.05, 0) is 61.2 Å². The Balaban J connectivity index is 2.07. The van der Waals surface area contributed by atoms with E-state index in [0.717, 1.165) is 12.8 Å². The van der Waals surface area contributed by atoms with Gasteiger partial charge in [0.2, 0.25) is 0 Å². The molecule has 0 radical (unpaired) electrons. The van der Waals surface area contributed by atoms with Gasteiger partial charge in [0.25, 0.3) is 0 Å². The highest BCUT2D eigenvalue weighted by Crippen LogP contribution is 2.53. The molecule has 0 aliphatic heterocycles. The summed E-state index contributed by atoms with van der Waals surface area (Å²) in [4.78, 5) is 0. The van der Waals surface area contributed by atoms with Crippen LogP contribution in [0.15, 0.2) is 0 Å². The van der Waals surface area contributed by atoms with Gasteiger partial charge in [-0.2, -0.15) is 0 Å². The Bertz CT molecular complexity index is 484. The van der Waals surface area contributed by atoms with Crippen molar-refractivity contribution in [2.45, 2.75) is 76.2 Å². The van der Waals surface area contributed by atoms with Crippen LogP contribution in [-0.4, -0.2) is 79.3 Å². The summed E-state index contributed by atoms with van der Waals surface area (Å²) in [6.45, 7) is 4.83. The molecule has 30 heavy (non-hydrogen) atoms. The summed E-state index contributed by atoms with van der Waals surface area (Å²) in [5.41, 5.74) is 0. The molecule has 3 aliphatic carbocycles. The first-order valence-electron chi connectivity index (χ1n) is 11.6. The van der Waals surface area contributed by atoms with Gasteiger partial charge in [0.05, 0.1) is 24.4 Å². The van der Waals surface area contributed by atoms with E-state index < -0.39 is 0 Å². The summed E-state index contributed by atoms with van der Waals surface area (Å²) < 4.78 is 36.1. The van der Waals surface area contributed by atoms with E-state index in [0.29, 0.717) is 35.5 Å². The van der Waals surface area contributed by atoms with Crippen LogP contribution in [0.25, 0.3) is 0 Å². The Kier molecular flexibility index (Phi) is 8.61. The molecule has 0 bridgehead atoms. The van der Waals surface area contributed by atoms with E-state index in [1.807, 2.05) is 14.2 Å². The van der Waals surface area contributed by atoms with Gasteiger partial charge in [0.15, 0.2) is 0 Å². The van der Waals surface area contributed by atoms with Crippen molar-refractivity contribution < 1.29 is 28.4 Å². The van der Waals surface area contributed by atoms with Crippen LogP contribution in [0.1, 0.15) is 39.5 Å². The highest BCUT2D eigenvalue weighted by molar-refractivity contribution is 5.06. The first-order chi connectivity index (χ1) is 14.4. The molecular weight excluding hydrogens is 384 g/mol. The fourth-order valence-corrected chi connectivity index (χ4v) is 7.18. The predicted molar refractivity (Wildman–Crippen MR) is 116 cm³/mol. The first-order valence-corrected chi connectivity index (χ1v) is 11.6. The highest BCUT2D eigenvalue weighted by atomic mass is 16.6. The lowest BCUT2D eigenvalue weighted by Crippen LogP contribution is -2.63. The second kappa shape index (κ2) is 10.6. The predicted octanol–water partition coefficient (Wildman–Crippen LogP) is 3.41. The van der Waals surface area contributed by atoms with E-state index in [4.69, 9.17) is 28.4 Å². The van der Waals surface area contributed by atoms with E-state index in [1.54, 1.807) is 28.4 Å². The van der Waals surface area contributed by atoms with E-state index in [-0.39, 0.29) is 36.6 Å². The summed E-state index contributed by atoms with van der Waals surface area (Å²) in [5.74, 6) is 3.01. The minimum atomic E-state index is -0.0762. The lowest BCUT2D eigenvalue weighted by molar-refractivity contribution is -0.229. The van der Waals surface area contributed by atoms with Gasteiger partial charge in [-0.25, -0.2) is 0 Å². The van der Waals surface area contributed by atoms with Crippen molar-refractivity contribution >= 4 is 0 Å². The lowest BCUT2D eigenvalue weighted by atomic mass is 9.55. The van der Waals surface area contributed by atoms with Crippen molar-refractivity contribution in [3.8, 4) is 0 Å². The summed E-state index contributed by atoms with van der Waals surface area (Å²) in [6, 6.07) is 0. The van der Waals surface area contributed by atoms with Crippen molar-refractivity contribution in [3.05, 3.63) is 0 Å². The van der Waals surface area contributed by atoms with Crippen molar-refractivity contribution in [3.63, 3.8) is 0 Å². The molecule has 6 heteroatoms. The summed E-state index contributed by atoms with van der Waals surface area (Å²) in [5, 5.41) is 0. The summed E-state index contributed by atoms with van der Waals surface area (Å²) in [7, 11) is 10.8. The molecule has 0 amide bonds. The van der Waals surface area contributed by atoms with Gasteiger partial charge >= 0.3 is 0 Å². The maximum Gasteiger partial charge on any atom is 0.110 e. The second-order valence-electron chi connectivity index (χ2n) is 9.92. The number of methoxy groups -OCH3 is 6. The Morgan fingerprint density at radius 2 is 0.767 bits per heavy atom. The van der Waals surface area contributed by atoms with Crippen LogP contribution in [0.2, 0.25) is 0 Å². The quantitative estimate of drug-likeness (QED) is 0.646. The smallest absolute Gasteiger partial charge is 0.110 e. The average molecular weight is 429 g/mol. The number of hydrogen-bond acceptors (Lipinski definition) is 6. The Hall–Kier alpha value is -0.240. The Labute approximate surface area is 183 Å². The first kappa shape index (κ1) is 24.4. The summed E-state index contributed by atoms with van der Waals surface area (Å²) in [6.07, 6.45) is 4.28. The third-order valence-corrected chi connectivity index (χ3v) is 8.76. The standard InChI is InChI=1S/C24H44O6/c1-13-9-15-11-17(25-3)21(27-5)23(29-7)19(15)20-16(10-14(13)2)12-18(26-4)22(28-6)24(20)30-8/h13-24H,9-12H2,1-8H3/t13-,14+,15?,16?,17?,18?,19?,20?,21?,22?,23?,24?. The van der Waals surface area contributed by atoms with E-state index in [9.17, 15) is 0 Å². The molecule has 10 unspecified atom stereocenters. The molecule has 6 nitrogen and oxygen atoms in total. The molecule has 0 heterocycles. The molecule has 0 saturated heterocycles. The highest BCUT2D eigenvalue weighted by Gasteiger charge is 2.57. The zero-order valence-corrected chi connectivity index (χ0v) is 20.2. The number of rotatable bonds is 6. The van der Waals surface area contributed by atoms with E-state index in [2.05, 4.69) is 13.8 Å². The molecule has 0 aromatic heterocycles. The topological polar surface area (TPSA) is 55.4 Å². The Morgan fingerprint density at radius 3 is 1.03 bits per heavy atom. The Morgan fingerprint density at radius 1 is 0.433 bits per heavy atom. The second-order valence-corrected chi connectivity index (χ2v) is 9.92. The van der Waals surface area contributed by atoms with Gasteiger partial charge in [-0.3, -0.25) is 0 Å². The van der Waals surface area contributed by atoms with Crippen molar-refractivity contribution in [2.75, 3.05) is 42.7 Å². The minimum absolute atomic E-state index is 0.0268. The SMILES string of the molecule is COC1CC2C[C@@H](C)[C@@H](C)CC3CC(OC)C(OC)C(OC)C3C2C(OC)C1OC. The molecule has 3 saturated carbocycles. The van der Waals surface area contributed by atoms with Gasteiger partial charge < -0.3 is 28.4 Å². The van der Waals surface area contributed by atoms with Gasteiger partial charge in [0.1, 0.15) is 12.2 Å². The largest absolute Gasteiger partial charge is 0.379 e. The molecule has 3 fully saturated rings. The molecule has 0 N–H and O–H groups in total. The molecule has 176 valence electrons. The van der Waals surface area contributed by atoms with Crippen LogP contribution < -0.4 is 0 Å². The zero-order chi connectivity index (χ0) is 22.0. The number of fused-ring (bicyclic) bond motifs is 3. The van der Waals surface area contributed by atoms with Gasteiger partial charge in [-0.1, -0.05) is 13.8 Å². The van der Waals surface area contributed by atoms with Gasteiger partial charge in [0, 0.05) is 42.7 Å². The van der Waals surface area contributed by atoms with E-state index >= 15 is 0 Å². The lowest BCUT2D eigenvalue weighted by Gasteiger charge is -2.57. The van der Waals surface area contributed by atoms with Crippen LogP contribution in [0, 0.1) is 35.5 Å². The fourth-order valence-electron chi connectivity index (χ4n) is 7.18. The maximum atomic E-state index is 6.19. The maximum absolute atomic E-state index is 6.19. The fraction of sp³-hybridized carbons (Fsp3) is 1.00. The molecule has 3 rings (SSSR count). The molecule has 0 aromatic carbocycles. The van der Waals surface area contributed by atoms with Crippen LogP contribution in [0.3, 0.4) is 0 Å². The molecular formula is C24H44O6. The molecule has 0 spiro atoms. The molecule has 0 aromatic rings. The van der Waals surface area contributed by atoms with Crippen LogP contribution >= 0.6 is 0 Å². The average Bonchev–Trinajstić information content (AvgIpc) is 2.76. The third kappa shape index (κ3) is 4.33. The van der Waals surface area contributed by atoms with E-state index in [1.165, 1.54) is 12.8 Å². The monoisotopic (exact) mass is 428 g/mol. The third-order valence-electron chi connectivity index (χ3n) is 8.76. The minimum Gasteiger partial charge on any atom is -0.379 e. The van der Waals surface area contributed by atoms with Crippen molar-refractivity contribution in [2.24, 2.45) is 35.5 Å². The van der Waals surface area contributed by atoms with Crippen molar-refractivity contribution in [1.29, 1.82) is 0 Å². The molecule has 3 aliphatic rings. The number of ether oxygens (including phenoxy) is 6. The number of hydrogen-bond donors (Lipinski definition) is 0. The normalized spacial score (nSPS) is 49.6. The van der Waals surface area contributed by atoms with Gasteiger partial charge in [-0.15, -0.1) is 0 Å². The van der Waals surface area contributed by atoms with Crippen molar-refractivity contribution in [1.82, 2.24) is 0 Å². The molecule has 12 atom stereocenters.